The molecule has 5 aliphatic rings. The van der Waals surface area contributed by atoms with Crippen LogP contribution in [-0.4, -0.2) is 4.43 Å². The van der Waals surface area contributed by atoms with E-state index in [0.717, 1.165) is 60.6 Å². The highest BCUT2D eigenvalue weighted by Crippen LogP contribution is 2.39. The largest absolute Gasteiger partial charge is 0.401 e. The number of halogens is 1. The summed E-state index contributed by atoms with van der Waals surface area (Å²) in [6.07, 6.45) is 39.7. The van der Waals surface area contributed by atoms with Crippen LogP contribution in [0.2, 0.25) is 0 Å². The van der Waals surface area contributed by atoms with Crippen molar-refractivity contribution in [3.63, 3.8) is 0 Å². The first-order valence-corrected chi connectivity index (χ1v) is 21.8. The van der Waals surface area contributed by atoms with Crippen LogP contribution < -0.4 is 26.6 Å². The zero-order chi connectivity index (χ0) is 37.7. The molecular weight excluding hydrogens is 777 g/mol. The van der Waals surface area contributed by atoms with Gasteiger partial charge in [0.15, 0.2) is 0 Å². The number of nitrogens with two attached hydrogens (primary N) is 1. The van der Waals surface area contributed by atoms with Gasteiger partial charge in [0.1, 0.15) is 0 Å². The summed E-state index contributed by atoms with van der Waals surface area (Å²) in [7, 11) is 0. The number of benzene rings is 3. The molecule has 55 heavy (non-hydrogen) atoms. The topological polar surface area (TPSA) is 26.0 Å². The quantitative estimate of drug-likeness (QED) is 0.143. The highest BCUT2D eigenvalue weighted by molar-refractivity contribution is 14.1. The van der Waals surface area contributed by atoms with Crippen LogP contribution in [-0.2, 0) is 0 Å². The molecule has 5 aliphatic carbocycles. The molecule has 8 rings (SSSR count). The maximum absolute atomic E-state index is 7.28. The molecule has 3 aromatic rings. The minimum atomic E-state index is 0.179. The Morgan fingerprint density at radius 1 is 0.818 bits per heavy atom. The number of fused-ring (bicyclic) bond motifs is 3. The molecule has 0 radical (unpaired) electrons. The first-order valence-electron chi connectivity index (χ1n) is 20.2. The van der Waals surface area contributed by atoms with Gasteiger partial charge in [-0.2, -0.15) is 0 Å². The molecule has 0 spiro atoms. The summed E-state index contributed by atoms with van der Waals surface area (Å²) in [6.45, 7) is 4.59. The van der Waals surface area contributed by atoms with Gasteiger partial charge in [0, 0.05) is 27.5 Å². The van der Waals surface area contributed by atoms with E-state index < -0.39 is 0 Å². The van der Waals surface area contributed by atoms with Gasteiger partial charge >= 0.3 is 0 Å². The van der Waals surface area contributed by atoms with Gasteiger partial charge in [-0.05, 0) is 129 Å². The molecule has 1 nitrogen and oxygen atoms in total. The van der Waals surface area contributed by atoms with Gasteiger partial charge in [0.05, 0.1) is 0 Å². The Labute approximate surface area is 341 Å². The van der Waals surface area contributed by atoms with Crippen LogP contribution in [0.25, 0.3) is 33.9 Å². The number of hydrogen-bond donors (Lipinski definition) is 1. The molecule has 0 fully saturated rings. The van der Waals surface area contributed by atoms with E-state index in [1.54, 1.807) is 0 Å². The summed E-state index contributed by atoms with van der Waals surface area (Å²) in [5.41, 5.74) is 21.8. The van der Waals surface area contributed by atoms with E-state index in [1.165, 1.54) is 71.0 Å². The van der Waals surface area contributed by atoms with Crippen LogP contribution in [0.5, 0.6) is 0 Å². The second-order valence-electron chi connectivity index (χ2n) is 15.6. The van der Waals surface area contributed by atoms with Crippen molar-refractivity contribution in [2.75, 3.05) is 4.43 Å². The van der Waals surface area contributed by atoms with Gasteiger partial charge in [-0.1, -0.05) is 181 Å². The lowest BCUT2D eigenvalue weighted by atomic mass is 9.74. The molecule has 0 amide bonds. The summed E-state index contributed by atoms with van der Waals surface area (Å²) in [5.74, 6) is 0.791. The van der Waals surface area contributed by atoms with E-state index in [2.05, 4.69) is 188 Å². The standard InChI is InChI=1S/C53H52IN/c1-36-30-32-39(33-31-36)42-24-12-26-47-45(42)25-13-27-48(47)46-21-5-3-4-15-37(2)52(50-23-9-8-22-49(46)50)41-19-10-18-40(35-41)44(29-14-34-54)53(55)51-28-11-17-38-16-6-7-20-43(38)51/h3-6,8-12,14-19,22-26,28-30,32,35,37,43,51H,7,13,20-21,27,31,33-34,55H2,1-2H3/b5-3-,15-4-,29-14-,49-46+,52-50+,53-44+. The number of hydrogen-bond acceptors (Lipinski definition) is 1. The van der Waals surface area contributed by atoms with E-state index in [9.17, 15) is 0 Å². The molecule has 3 aromatic carbocycles. The summed E-state index contributed by atoms with van der Waals surface area (Å²) in [4.78, 5) is 0. The van der Waals surface area contributed by atoms with Crippen molar-refractivity contribution in [1.82, 2.24) is 0 Å². The molecular formula is C53H52IN. The van der Waals surface area contributed by atoms with E-state index in [4.69, 9.17) is 5.73 Å². The van der Waals surface area contributed by atoms with E-state index >= 15 is 0 Å². The normalized spacial score (nSPS) is 25.7. The Bertz CT molecular complexity index is 2540. The fraction of sp³-hybridized carbons (Fsp3) is 0.245. The van der Waals surface area contributed by atoms with Crippen molar-refractivity contribution >= 4 is 56.5 Å². The SMILES string of the molecule is CC1=CC=C(c2cccc3c2=CCCC=3/C2=c3\cccc\c3=C(/c3cccc(C(/C=C\CI)=C(/N)C4C=CC=C5C=CCCC54)c3)C(C)/C=C\C=C/C2)CC1. The fourth-order valence-electron chi connectivity index (χ4n) is 9.38. The van der Waals surface area contributed by atoms with Crippen LogP contribution in [0.3, 0.4) is 0 Å². The van der Waals surface area contributed by atoms with Crippen molar-refractivity contribution < 1.29 is 0 Å². The van der Waals surface area contributed by atoms with Crippen molar-refractivity contribution in [2.45, 2.75) is 58.8 Å². The Morgan fingerprint density at radius 2 is 1.67 bits per heavy atom. The molecule has 0 aromatic heterocycles. The first-order chi connectivity index (χ1) is 27.0. The average molecular weight is 830 g/mol. The van der Waals surface area contributed by atoms with E-state index in [1.807, 2.05) is 0 Å². The smallest absolute Gasteiger partial charge is 0.0242 e. The van der Waals surface area contributed by atoms with Gasteiger partial charge in [0.2, 0.25) is 0 Å². The molecule has 2 N–H and O–H groups in total. The molecule has 0 saturated carbocycles. The Hall–Kier alpha value is -4.67. The Kier molecular flexibility index (Phi) is 11.5. The summed E-state index contributed by atoms with van der Waals surface area (Å²) in [6, 6.07) is 25.4. The molecule has 0 heterocycles. The van der Waals surface area contributed by atoms with Gasteiger partial charge in [0.25, 0.3) is 0 Å². The molecule has 3 atom stereocenters. The van der Waals surface area contributed by atoms with Crippen molar-refractivity contribution in [3.8, 4) is 0 Å². The maximum atomic E-state index is 7.28. The zero-order valence-electron chi connectivity index (χ0n) is 32.3. The third kappa shape index (κ3) is 7.76. The number of rotatable bonds is 7. The Morgan fingerprint density at radius 3 is 2.53 bits per heavy atom. The van der Waals surface area contributed by atoms with Crippen LogP contribution in [0, 0.1) is 17.8 Å². The minimum absolute atomic E-state index is 0.179. The van der Waals surface area contributed by atoms with Crippen molar-refractivity contribution in [3.05, 3.63) is 200 Å². The fourth-order valence-corrected chi connectivity index (χ4v) is 9.64. The van der Waals surface area contributed by atoms with Crippen molar-refractivity contribution in [2.24, 2.45) is 23.5 Å². The molecule has 0 bridgehead atoms. The van der Waals surface area contributed by atoms with E-state index in [-0.39, 0.29) is 11.8 Å². The highest BCUT2D eigenvalue weighted by atomic mass is 127. The average Bonchev–Trinajstić information content (AvgIpc) is 3.22. The summed E-state index contributed by atoms with van der Waals surface area (Å²) in [5, 5.41) is 5.47. The molecule has 0 saturated heterocycles. The molecule has 0 aliphatic heterocycles. The monoisotopic (exact) mass is 829 g/mol. The van der Waals surface area contributed by atoms with Crippen LogP contribution in [0.4, 0.5) is 0 Å². The van der Waals surface area contributed by atoms with Gasteiger partial charge in [-0.15, -0.1) is 0 Å². The second kappa shape index (κ2) is 17.0. The zero-order valence-corrected chi connectivity index (χ0v) is 34.4. The highest BCUT2D eigenvalue weighted by Gasteiger charge is 2.29. The lowest BCUT2D eigenvalue weighted by Gasteiger charge is -2.32. The third-order valence-electron chi connectivity index (χ3n) is 12.2. The van der Waals surface area contributed by atoms with Crippen LogP contribution >= 0.6 is 22.6 Å². The van der Waals surface area contributed by atoms with Crippen LogP contribution in [0.1, 0.15) is 75.5 Å². The Balaban J connectivity index is 1.35. The molecule has 2 heteroatoms. The van der Waals surface area contributed by atoms with Gasteiger partial charge in [-0.3, -0.25) is 0 Å². The van der Waals surface area contributed by atoms with Crippen LogP contribution in [0.15, 0.2) is 163 Å². The predicted octanol–water partition coefficient (Wildman–Crippen LogP) is 10.5. The second-order valence-corrected chi connectivity index (χ2v) is 16.5. The third-order valence-corrected chi connectivity index (χ3v) is 12.7. The lowest BCUT2D eigenvalue weighted by Crippen LogP contribution is -2.36. The summed E-state index contributed by atoms with van der Waals surface area (Å²) < 4.78 is 0.931. The maximum Gasteiger partial charge on any atom is 0.0242 e. The minimum Gasteiger partial charge on any atom is -0.401 e. The van der Waals surface area contributed by atoms with Gasteiger partial charge in [-0.25, -0.2) is 0 Å². The number of alkyl halides is 1. The molecule has 276 valence electrons. The number of allylic oxidation sites excluding steroid dienone is 17. The summed E-state index contributed by atoms with van der Waals surface area (Å²) >= 11 is 2.43. The van der Waals surface area contributed by atoms with Gasteiger partial charge < -0.3 is 5.73 Å². The first kappa shape index (κ1) is 37.3. The molecule has 3 unspecified atom stereocenters. The predicted molar refractivity (Wildman–Crippen MR) is 246 cm³/mol. The van der Waals surface area contributed by atoms with E-state index in [0.29, 0.717) is 5.92 Å². The lowest BCUT2D eigenvalue weighted by molar-refractivity contribution is 0.465. The van der Waals surface area contributed by atoms with Crippen molar-refractivity contribution in [1.29, 1.82) is 0 Å².